The standard InChI is InChI=1S/C15H20ClNO4/c1-8-7-12(5-6-13(8)16)21-11(4)14(18)17-10(3)9(2)15(19)20/h5-7,9-11H,1-4H3,(H,17,18)(H,19,20). The number of hydrogen-bond acceptors (Lipinski definition) is 3. The van der Waals surface area contributed by atoms with Gasteiger partial charge >= 0.3 is 5.97 Å². The zero-order chi connectivity index (χ0) is 16.2. The highest BCUT2D eigenvalue weighted by Crippen LogP contribution is 2.21. The first-order valence-corrected chi connectivity index (χ1v) is 7.06. The summed E-state index contributed by atoms with van der Waals surface area (Å²) < 4.78 is 5.53. The van der Waals surface area contributed by atoms with Crippen molar-refractivity contribution in [1.82, 2.24) is 5.32 Å². The minimum absolute atomic E-state index is 0.358. The fraction of sp³-hybridized carbons (Fsp3) is 0.467. The Balaban J connectivity index is 2.62. The van der Waals surface area contributed by atoms with Crippen molar-refractivity contribution < 1.29 is 19.4 Å². The van der Waals surface area contributed by atoms with Crippen LogP contribution in [-0.4, -0.2) is 29.1 Å². The molecular weight excluding hydrogens is 294 g/mol. The molecule has 1 aromatic carbocycles. The van der Waals surface area contributed by atoms with Crippen molar-refractivity contribution in [3.05, 3.63) is 28.8 Å². The summed E-state index contributed by atoms with van der Waals surface area (Å²) in [6.45, 7) is 6.64. The Morgan fingerprint density at radius 1 is 1.29 bits per heavy atom. The number of carboxylic acid groups (broad SMARTS) is 1. The van der Waals surface area contributed by atoms with E-state index in [9.17, 15) is 9.59 Å². The molecule has 0 spiro atoms. The van der Waals surface area contributed by atoms with Crippen LogP contribution in [0, 0.1) is 12.8 Å². The van der Waals surface area contributed by atoms with Gasteiger partial charge in [-0.15, -0.1) is 0 Å². The first kappa shape index (κ1) is 17.3. The number of nitrogens with one attached hydrogen (secondary N) is 1. The molecule has 0 bridgehead atoms. The number of amides is 1. The van der Waals surface area contributed by atoms with E-state index < -0.39 is 24.0 Å². The average molecular weight is 314 g/mol. The molecule has 3 unspecified atom stereocenters. The molecule has 2 N–H and O–H groups in total. The van der Waals surface area contributed by atoms with Gasteiger partial charge < -0.3 is 15.2 Å². The molecule has 0 fully saturated rings. The lowest BCUT2D eigenvalue weighted by atomic mass is 10.0. The molecule has 0 saturated carbocycles. The van der Waals surface area contributed by atoms with Gasteiger partial charge in [-0.25, -0.2) is 0 Å². The van der Waals surface area contributed by atoms with Gasteiger partial charge in [0, 0.05) is 11.1 Å². The molecule has 5 nitrogen and oxygen atoms in total. The van der Waals surface area contributed by atoms with Crippen LogP contribution < -0.4 is 10.1 Å². The van der Waals surface area contributed by atoms with E-state index in [0.29, 0.717) is 10.8 Å². The third-order valence-electron chi connectivity index (χ3n) is 3.32. The van der Waals surface area contributed by atoms with Gasteiger partial charge in [0.05, 0.1) is 5.92 Å². The number of carbonyl (C=O) groups excluding carboxylic acids is 1. The van der Waals surface area contributed by atoms with Crippen molar-refractivity contribution in [3.63, 3.8) is 0 Å². The molecule has 6 heteroatoms. The lowest BCUT2D eigenvalue weighted by Gasteiger charge is -2.21. The second kappa shape index (κ2) is 7.31. The number of ether oxygens (including phenoxy) is 1. The van der Waals surface area contributed by atoms with Gasteiger partial charge in [-0.05, 0) is 51.5 Å². The van der Waals surface area contributed by atoms with Crippen LogP contribution in [0.25, 0.3) is 0 Å². The molecule has 3 atom stereocenters. The quantitative estimate of drug-likeness (QED) is 0.846. The fourth-order valence-electron chi connectivity index (χ4n) is 1.63. The van der Waals surface area contributed by atoms with Crippen LogP contribution in [0.3, 0.4) is 0 Å². The van der Waals surface area contributed by atoms with E-state index in [1.807, 2.05) is 6.92 Å². The number of aliphatic carboxylic acids is 1. The number of rotatable bonds is 6. The van der Waals surface area contributed by atoms with E-state index in [2.05, 4.69) is 5.32 Å². The van der Waals surface area contributed by atoms with Crippen molar-refractivity contribution >= 4 is 23.5 Å². The van der Waals surface area contributed by atoms with Crippen molar-refractivity contribution in [2.24, 2.45) is 5.92 Å². The molecule has 0 aliphatic heterocycles. The number of benzene rings is 1. The first-order valence-electron chi connectivity index (χ1n) is 6.68. The Labute approximate surface area is 129 Å². The lowest BCUT2D eigenvalue weighted by Crippen LogP contribution is -2.45. The normalized spacial score (nSPS) is 14.9. The average Bonchev–Trinajstić information content (AvgIpc) is 2.41. The Hall–Kier alpha value is -1.75. The molecule has 0 aromatic heterocycles. The SMILES string of the molecule is Cc1cc(OC(C)C(=O)NC(C)C(C)C(=O)O)ccc1Cl. The highest BCUT2D eigenvalue weighted by Gasteiger charge is 2.24. The molecule has 1 rings (SSSR count). The minimum Gasteiger partial charge on any atom is -0.481 e. The van der Waals surface area contributed by atoms with Gasteiger partial charge in [-0.2, -0.15) is 0 Å². The summed E-state index contributed by atoms with van der Waals surface area (Å²) in [5, 5.41) is 12.2. The summed E-state index contributed by atoms with van der Waals surface area (Å²) in [6.07, 6.45) is -0.728. The molecule has 0 aliphatic carbocycles. The Bertz CT molecular complexity index is 532. The van der Waals surface area contributed by atoms with E-state index in [0.717, 1.165) is 5.56 Å². The Kier molecular flexibility index (Phi) is 6.03. The van der Waals surface area contributed by atoms with Crippen molar-refractivity contribution in [2.75, 3.05) is 0 Å². The maximum Gasteiger partial charge on any atom is 0.308 e. The van der Waals surface area contributed by atoms with E-state index >= 15 is 0 Å². The van der Waals surface area contributed by atoms with Crippen molar-refractivity contribution in [2.45, 2.75) is 39.8 Å². The minimum atomic E-state index is -0.954. The number of halogens is 1. The van der Waals surface area contributed by atoms with Crippen LogP contribution in [-0.2, 0) is 9.59 Å². The summed E-state index contributed by atoms with van der Waals surface area (Å²) in [7, 11) is 0. The summed E-state index contributed by atoms with van der Waals surface area (Å²) in [5.41, 5.74) is 0.856. The third-order valence-corrected chi connectivity index (χ3v) is 3.75. The van der Waals surface area contributed by atoms with E-state index in [1.54, 1.807) is 39.0 Å². The highest BCUT2D eigenvalue weighted by molar-refractivity contribution is 6.31. The van der Waals surface area contributed by atoms with Gasteiger partial charge in [0.15, 0.2) is 6.10 Å². The number of hydrogen-bond donors (Lipinski definition) is 2. The molecule has 0 heterocycles. The van der Waals surface area contributed by atoms with Crippen LogP contribution in [0.15, 0.2) is 18.2 Å². The highest BCUT2D eigenvalue weighted by atomic mass is 35.5. The van der Waals surface area contributed by atoms with Crippen LogP contribution in [0.4, 0.5) is 0 Å². The van der Waals surface area contributed by atoms with Crippen LogP contribution in [0.1, 0.15) is 26.3 Å². The third kappa shape index (κ3) is 4.93. The molecule has 1 aromatic rings. The van der Waals surface area contributed by atoms with E-state index in [4.69, 9.17) is 21.4 Å². The Morgan fingerprint density at radius 2 is 1.90 bits per heavy atom. The predicted octanol–water partition coefficient (Wildman–Crippen LogP) is 2.64. The number of aryl methyl sites for hydroxylation is 1. The van der Waals surface area contributed by atoms with Gasteiger partial charge in [-0.1, -0.05) is 11.6 Å². The molecule has 0 radical (unpaired) electrons. The molecule has 116 valence electrons. The molecule has 0 aliphatic rings. The maximum absolute atomic E-state index is 12.0. The summed E-state index contributed by atoms with van der Waals surface area (Å²) in [5.74, 6) is -1.44. The van der Waals surface area contributed by atoms with Gasteiger partial charge in [0.1, 0.15) is 5.75 Å². The topological polar surface area (TPSA) is 75.6 Å². The van der Waals surface area contributed by atoms with Crippen molar-refractivity contribution in [3.8, 4) is 5.75 Å². The zero-order valence-corrected chi connectivity index (χ0v) is 13.3. The predicted molar refractivity (Wildman–Crippen MR) is 80.7 cm³/mol. The van der Waals surface area contributed by atoms with Crippen LogP contribution in [0.2, 0.25) is 5.02 Å². The zero-order valence-electron chi connectivity index (χ0n) is 12.5. The molecular formula is C15H20ClNO4. The monoisotopic (exact) mass is 313 g/mol. The smallest absolute Gasteiger partial charge is 0.308 e. The Morgan fingerprint density at radius 3 is 2.43 bits per heavy atom. The summed E-state index contributed by atoms with van der Waals surface area (Å²) in [4.78, 5) is 22.8. The van der Waals surface area contributed by atoms with E-state index in [1.165, 1.54) is 0 Å². The molecule has 1 amide bonds. The van der Waals surface area contributed by atoms with Crippen LogP contribution in [0.5, 0.6) is 5.75 Å². The fourth-order valence-corrected chi connectivity index (χ4v) is 1.75. The maximum atomic E-state index is 12.0. The van der Waals surface area contributed by atoms with Crippen LogP contribution >= 0.6 is 11.6 Å². The van der Waals surface area contributed by atoms with Gasteiger partial charge in [0.2, 0.25) is 0 Å². The first-order chi connectivity index (χ1) is 9.72. The second-order valence-electron chi connectivity index (χ2n) is 5.10. The number of carboxylic acids is 1. The largest absolute Gasteiger partial charge is 0.481 e. The lowest BCUT2D eigenvalue weighted by molar-refractivity contribution is -0.142. The summed E-state index contributed by atoms with van der Waals surface area (Å²) in [6, 6.07) is 4.65. The van der Waals surface area contributed by atoms with Gasteiger partial charge in [-0.3, -0.25) is 9.59 Å². The van der Waals surface area contributed by atoms with Gasteiger partial charge in [0.25, 0.3) is 5.91 Å². The molecule has 0 saturated heterocycles. The number of carbonyl (C=O) groups is 2. The molecule has 21 heavy (non-hydrogen) atoms. The van der Waals surface area contributed by atoms with E-state index in [-0.39, 0.29) is 5.91 Å². The summed E-state index contributed by atoms with van der Waals surface area (Å²) >= 11 is 5.92. The van der Waals surface area contributed by atoms with Crippen molar-refractivity contribution in [1.29, 1.82) is 0 Å². The second-order valence-corrected chi connectivity index (χ2v) is 5.50.